The van der Waals surface area contributed by atoms with Crippen molar-refractivity contribution in [2.75, 3.05) is 7.11 Å². The second-order valence-corrected chi connectivity index (χ2v) is 10.3. The minimum absolute atomic E-state index is 0.0614. The molecule has 0 heterocycles. The number of sulfonamides is 1. The highest BCUT2D eigenvalue weighted by Crippen LogP contribution is 2.27. The maximum absolute atomic E-state index is 13.2. The highest BCUT2D eigenvalue weighted by atomic mass is 35.5. The minimum atomic E-state index is -4.06. The van der Waals surface area contributed by atoms with E-state index in [1.54, 1.807) is 6.07 Å². The quantitative estimate of drug-likeness (QED) is 0.586. The number of benzene rings is 2. The summed E-state index contributed by atoms with van der Waals surface area (Å²) in [5, 5.41) is 3.37. The number of halogens is 1. The molecule has 2 N–H and O–H groups in total. The molecule has 1 aliphatic rings. The average Bonchev–Trinajstić information content (AvgIpc) is 2.75. The smallest absolute Gasteiger partial charge is 0.245 e. The molecule has 0 spiro atoms. The van der Waals surface area contributed by atoms with Crippen molar-refractivity contribution in [3.8, 4) is 5.75 Å². The average molecular weight is 479 g/mol. The molecule has 1 aliphatic carbocycles. The van der Waals surface area contributed by atoms with E-state index in [1.165, 1.54) is 38.5 Å². The summed E-state index contributed by atoms with van der Waals surface area (Å²) < 4.78 is 34.3. The first-order chi connectivity index (χ1) is 15.4. The molecule has 32 heavy (non-hydrogen) atoms. The van der Waals surface area contributed by atoms with Crippen molar-refractivity contribution in [3.05, 3.63) is 59.1 Å². The zero-order valence-corrected chi connectivity index (χ0v) is 19.9. The van der Waals surface area contributed by atoms with Gasteiger partial charge in [-0.3, -0.25) is 4.79 Å². The SMILES string of the molecule is COc1ccc(Cl)cc1S(=O)(=O)NC(Cc1ccccc1)C(=O)NC1CCCCCCC1. The highest BCUT2D eigenvalue weighted by molar-refractivity contribution is 7.89. The third kappa shape index (κ3) is 6.95. The maximum Gasteiger partial charge on any atom is 0.245 e. The summed E-state index contributed by atoms with van der Waals surface area (Å²) in [6.07, 6.45) is 7.78. The number of carbonyl (C=O) groups is 1. The number of amides is 1. The van der Waals surface area contributed by atoms with Crippen LogP contribution in [0.2, 0.25) is 5.02 Å². The fourth-order valence-corrected chi connectivity index (χ4v) is 5.68. The Balaban J connectivity index is 1.83. The third-order valence-electron chi connectivity index (χ3n) is 5.76. The van der Waals surface area contributed by atoms with E-state index in [-0.39, 0.29) is 34.0 Å². The van der Waals surface area contributed by atoms with Crippen LogP contribution in [0.5, 0.6) is 5.75 Å². The van der Waals surface area contributed by atoms with Crippen molar-refractivity contribution in [1.29, 1.82) is 0 Å². The first kappa shape index (κ1) is 24.6. The molecule has 1 fully saturated rings. The first-order valence-electron chi connectivity index (χ1n) is 11.1. The molecule has 0 aromatic heterocycles. The monoisotopic (exact) mass is 478 g/mol. The van der Waals surface area contributed by atoms with Gasteiger partial charge in [0.05, 0.1) is 7.11 Å². The Bertz CT molecular complexity index is 990. The van der Waals surface area contributed by atoms with Crippen LogP contribution >= 0.6 is 11.6 Å². The number of ether oxygens (including phenoxy) is 1. The molecule has 0 bridgehead atoms. The Morgan fingerprint density at radius 1 is 1.06 bits per heavy atom. The van der Waals surface area contributed by atoms with Crippen LogP contribution in [0.1, 0.15) is 50.5 Å². The van der Waals surface area contributed by atoms with Gasteiger partial charge in [0.25, 0.3) is 0 Å². The number of hydrogen-bond acceptors (Lipinski definition) is 4. The predicted octanol–water partition coefficient (Wildman–Crippen LogP) is 4.47. The minimum Gasteiger partial charge on any atom is -0.495 e. The van der Waals surface area contributed by atoms with Gasteiger partial charge in [-0.05, 0) is 43.0 Å². The predicted molar refractivity (Wildman–Crippen MR) is 127 cm³/mol. The molecular formula is C24H31ClN2O4S. The van der Waals surface area contributed by atoms with Crippen LogP contribution in [0.15, 0.2) is 53.4 Å². The van der Waals surface area contributed by atoms with E-state index < -0.39 is 16.1 Å². The summed E-state index contributed by atoms with van der Waals surface area (Å²) in [6, 6.07) is 12.9. The van der Waals surface area contributed by atoms with E-state index in [2.05, 4.69) is 10.0 Å². The molecule has 1 saturated carbocycles. The lowest BCUT2D eigenvalue weighted by atomic mass is 9.96. The lowest BCUT2D eigenvalue weighted by Crippen LogP contribution is -2.50. The molecule has 1 atom stereocenters. The topological polar surface area (TPSA) is 84.5 Å². The Morgan fingerprint density at radius 3 is 2.38 bits per heavy atom. The maximum atomic E-state index is 13.2. The summed E-state index contributed by atoms with van der Waals surface area (Å²) in [7, 11) is -2.67. The van der Waals surface area contributed by atoms with Gasteiger partial charge in [0, 0.05) is 11.1 Å². The molecule has 0 saturated heterocycles. The zero-order valence-electron chi connectivity index (χ0n) is 18.3. The Hall–Kier alpha value is -2.09. The molecule has 3 rings (SSSR count). The molecule has 1 amide bonds. The van der Waals surface area contributed by atoms with E-state index in [1.807, 2.05) is 30.3 Å². The van der Waals surface area contributed by atoms with Crippen molar-refractivity contribution in [3.63, 3.8) is 0 Å². The summed E-state index contributed by atoms with van der Waals surface area (Å²) >= 11 is 6.04. The van der Waals surface area contributed by atoms with Gasteiger partial charge in [-0.1, -0.05) is 74.0 Å². The summed E-state index contributed by atoms with van der Waals surface area (Å²) in [4.78, 5) is 13.2. The molecule has 0 aliphatic heterocycles. The van der Waals surface area contributed by atoms with Crippen molar-refractivity contribution in [1.82, 2.24) is 10.0 Å². The van der Waals surface area contributed by atoms with Gasteiger partial charge >= 0.3 is 0 Å². The normalized spacial score (nSPS) is 16.6. The highest BCUT2D eigenvalue weighted by Gasteiger charge is 2.29. The molecule has 174 valence electrons. The van der Waals surface area contributed by atoms with Gasteiger partial charge in [0.1, 0.15) is 16.7 Å². The van der Waals surface area contributed by atoms with Crippen LogP contribution in [-0.4, -0.2) is 33.5 Å². The van der Waals surface area contributed by atoms with E-state index >= 15 is 0 Å². The largest absolute Gasteiger partial charge is 0.495 e. The number of nitrogens with one attached hydrogen (secondary N) is 2. The van der Waals surface area contributed by atoms with Gasteiger partial charge in [0.2, 0.25) is 15.9 Å². The summed E-state index contributed by atoms with van der Waals surface area (Å²) in [5.41, 5.74) is 0.867. The molecule has 1 unspecified atom stereocenters. The lowest BCUT2D eigenvalue weighted by Gasteiger charge is -2.25. The Labute approximate surface area is 195 Å². The van der Waals surface area contributed by atoms with Crippen molar-refractivity contribution in [2.24, 2.45) is 0 Å². The van der Waals surface area contributed by atoms with Gasteiger partial charge in [-0.15, -0.1) is 0 Å². The number of methoxy groups -OCH3 is 1. The van der Waals surface area contributed by atoms with Gasteiger partial charge in [0.15, 0.2) is 0 Å². The number of rotatable bonds is 8. The van der Waals surface area contributed by atoms with Gasteiger partial charge in [-0.2, -0.15) is 4.72 Å². The third-order valence-corrected chi connectivity index (χ3v) is 7.49. The zero-order chi connectivity index (χ0) is 23.0. The van der Waals surface area contributed by atoms with Crippen molar-refractivity contribution < 1.29 is 17.9 Å². The van der Waals surface area contributed by atoms with E-state index in [9.17, 15) is 13.2 Å². The summed E-state index contributed by atoms with van der Waals surface area (Å²) in [6.45, 7) is 0. The van der Waals surface area contributed by atoms with Crippen LogP contribution < -0.4 is 14.8 Å². The first-order valence-corrected chi connectivity index (χ1v) is 13.0. The van der Waals surface area contributed by atoms with E-state index in [4.69, 9.17) is 16.3 Å². The fraction of sp³-hybridized carbons (Fsp3) is 0.458. The Kier molecular flexibility index (Phi) is 8.96. The van der Waals surface area contributed by atoms with Gasteiger partial charge in [-0.25, -0.2) is 8.42 Å². The van der Waals surface area contributed by atoms with Crippen LogP contribution in [-0.2, 0) is 21.2 Å². The van der Waals surface area contributed by atoms with E-state index in [0.717, 1.165) is 31.2 Å². The molecule has 8 heteroatoms. The van der Waals surface area contributed by atoms with Gasteiger partial charge < -0.3 is 10.1 Å². The van der Waals surface area contributed by atoms with Crippen LogP contribution in [0, 0.1) is 0 Å². The Morgan fingerprint density at radius 2 is 1.72 bits per heavy atom. The molecule has 2 aromatic carbocycles. The number of hydrogen-bond donors (Lipinski definition) is 2. The lowest BCUT2D eigenvalue weighted by molar-refractivity contribution is -0.123. The van der Waals surface area contributed by atoms with Crippen LogP contribution in [0.25, 0.3) is 0 Å². The van der Waals surface area contributed by atoms with Crippen LogP contribution in [0.4, 0.5) is 0 Å². The van der Waals surface area contributed by atoms with Crippen LogP contribution in [0.3, 0.4) is 0 Å². The molecule has 2 aromatic rings. The fourth-order valence-electron chi connectivity index (χ4n) is 4.05. The standard InChI is InChI=1S/C24H31ClN2O4S/c1-31-22-15-14-19(25)17-23(22)32(29,30)27-21(16-18-10-6-5-7-11-18)24(28)26-20-12-8-3-2-4-9-13-20/h5-7,10-11,14-15,17,20-21,27H,2-4,8-9,12-13,16H2,1H3,(H,26,28). The van der Waals surface area contributed by atoms with E-state index in [0.29, 0.717) is 0 Å². The second kappa shape index (κ2) is 11.7. The molecular weight excluding hydrogens is 448 g/mol. The number of carbonyl (C=O) groups excluding carboxylic acids is 1. The molecule has 6 nitrogen and oxygen atoms in total. The summed E-state index contributed by atoms with van der Waals surface area (Å²) in [5.74, 6) is -0.148. The van der Waals surface area contributed by atoms with Crippen molar-refractivity contribution >= 4 is 27.5 Å². The second-order valence-electron chi connectivity index (χ2n) is 8.21. The van der Waals surface area contributed by atoms with Crippen molar-refractivity contribution in [2.45, 2.75) is 68.3 Å². The molecule has 0 radical (unpaired) electrons.